The minimum absolute atomic E-state index is 0.0315. The van der Waals surface area contributed by atoms with E-state index in [0.29, 0.717) is 11.6 Å². The van der Waals surface area contributed by atoms with Crippen molar-refractivity contribution in [1.82, 2.24) is 0 Å². The molecule has 2 aromatic rings. The van der Waals surface area contributed by atoms with E-state index in [9.17, 15) is 34.8 Å². The summed E-state index contributed by atoms with van der Waals surface area (Å²) >= 11 is 0. The lowest BCUT2D eigenvalue weighted by Crippen LogP contribution is -2.19. The predicted octanol–water partition coefficient (Wildman–Crippen LogP) is 5.17. The van der Waals surface area contributed by atoms with Crippen LogP contribution in [0.3, 0.4) is 0 Å². The Bertz CT molecular complexity index is 915. The molecule has 0 saturated heterocycles. The number of alkyl halides is 6. The van der Waals surface area contributed by atoms with Crippen LogP contribution in [-0.2, 0) is 22.4 Å². The number of sulfonamides is 1. The van der Waals surface area contributed by atoms with Crippen molar-refractivity contribution in [2.24, 2.45) is 0 Å². The Morgan fingerprint density at radius 1 is 0.846 bits per heavy atom. The number of hydrogen-bond donors (Lipinski definition) is 1. The minimum atomic E-state index is -5.37. The lowest BCUT2D eigenvalue weighted by molar-refractivity contribution is -0.162. The zero-order chi connectivity index (χ0) is 19.8. The Labute approximate surface area is 145 Å². The largest absolute Gasteiger partial charge is 0.417 e. The number of hydrogen-bond acceptors (Lipinski definition) is 2. The van der Waals surface area contributed by atoms with Gasteiger partial charge in [-0.25, -0.2) is 8.42 Å². The van der Waals surface area contributed by atoms with E-state index in [1.165, 1.54) is 30.3 Å². The smallest absolute Gasteiger partial charge is 0.280 e. The second-order valence-electron chi connectivity index (χ2n) is 5.13. The zero-order valence-corrected chi connectivity index (χ0v) is 13.6. The molecule has 0 aliphatic rings. The SMILES string of the molecule is C=Cc1ccc(NS(=O)(=O)c2ccc(C(F)(F)F)c(C(F)(F)F)c2)cc1. The second kappa shape index (κ2) is 6.67. The van der Waals surface area contributed by atoms with Crippen molar-refractivity contribution in [3.63, 3.8) is 0 Å². The maximum Gasteiger partial charge on any atom is 0.417 e. The van der Waals surface area contributed by atoms with Crippen LogP contribution >= 0.6 is 0 Å². The van der Waals surface area contributed by atoms with E-state index in [0.717, 1.165) is 0 Å². The number of halogens is 6. The third-order valence-electron chi connectivity index (χ3n) is 3.31. The first-order chi connectivity index (χ1) is 11.8. The average molecular weight is 395 g/mol. The first kappa shape index (κ1) is 19.8. The van der Waals surface area contributed by atoms with Crippen molar-refractivity contribution in [3.05, 3.63) is 65.7 Å². The molecule has 0 amide bonds. The molecule has 2 rings (SSSR count). The van der Waals surface area contributed by atoms with Crippen LogP contribution in [0.5, 0.6) is 0 Å². The van der Waals surface area contributed by atoms with Crippen molar-refractivity contribution >= 4 is 21.8 Å². The van der Waals surface area contributed by atoms with Crippen LogP contribution in [0.4, 0.5) is 32.0 Å². The van der Waals surface area contributed by atoms with Gasteiger partial charge in [0.15, 0.2) is 0 Å². The van der Waals surface area contributed by atoms with Gasteiger partial charge in [0, 0.05) is 5.69 Å². The summed E-state index contributed by atoms with van der Waals surface area (Å²) in [6.45, 7) is 3.51. The van der Waals surface area contributed by atoms with Gasteiger partial charge in [-0.1, -0.05) is 24.8 Å². The lowest BCUT2D eigenvalue weighted by atomic mass is 10.1. The van der Waals surface area contributed by atoms with Crippen LogP contribution in [0.25, 0.3) is 6.08 Å². The van der Waals surface area contributed by atoms with E-state index in [1.54, 1.807) is 0 Å². The maximum atomic E-state index is 12.9. The van der Waals surface area contributed by atoms with Gasteiger partial charge >= 0.3 is 12.4 Å². The van der Waals surface area contributed by atoms with Crippen LogP contribution in [0, 0.1) is 0 Å². The number of rotatable bonds is 4. The van der Waals surface area contributed by atoms with E-state index in [4.69, 9.17) is 0 Å². The summed E-state index contributed by atoms with van der Waals surface area (Å²) in [6, 6.07) is 6.20. The van der Waals surface area contributed by atoms with Gasteiger partial charge in [0.25, 0.3) is 10.0 Å². The molecular weight excluding hydrogens is 384 g/mol. The second-order valence-corrected chi connectivity index (χ2v) is 6.82. The molecule has 2 aromatic carbocycles. The molecule has 26 heavy (non-hydrogen) atoms. The van der Waals surface area contributed by atoms with Gasteiger partial charge in [0.05, 0.1) is 16.0 Å². The third-order valence-corrected chi connectivity index (χ3v) is 4.69. The molecule has 3 nitrogen and oxygen atoms in total. The van der Waals surface area contributed by atoms with Crippen molar-refractivity contribution in [1.29, 1.82) is 0 Å². The quantitative estimate of drug-likeness (QED) is 0.727. The van der Waals surface area contributed by atoms with E-state index in [2.05, 4.69) is 6.58 Å². The highest BCUT2D eigenvalue weighted by Gasteiger charge is 2.43. The van der Waals surface area contributed by atoms with Crippen LogP contribution in [0.1, 0.15) is 16.7 Å². The van der Waals surface area contributed by atoms with Gasteiger partial charge in [-0.2, -0.15) is 26.3 Å². The third kappa shape index (κ3) is 4.37. The Kier molecular flexibility index (Phi) is 5.09. The summed E-state index contributed by atoms with van der Waals surface area (Å²) in [5, 5.41) is 0. The Balaban J connectivity index is 2.47. The van der Waals surface area contributed by atoms with Crippen molar-refractivity contribution in [2.75, 3.05) is 4.72 Å². The number of benzene rings is 2. The standard InChI is InChI=1S/C16H11F6NO2S/c1-2-10-3-5-11(6-4-10)23-26(24,25)12-7-8-13(15(17,18)19)14(9-12)16(20,21)22/h2-9,23H,1H2. The molecule has 0 aliphatic carbocycles. The fourth-order valence-electron chi connectivity index (χ4n) is 2.07. The molecule has 0 unspecified atom stereocenters. The molecule has 0 aromatic heterocycles. The van der Waals surface area contributed by atoms with E-state index in [1.807, 2.05) is 4.72 Å². The molecule has 0 aliphatic heterocycles. The Hall–Kier alpha value is -2.49. The Morgan fingerprint density at radius 2 is 1.38 bits per heavy atom. The van der Waals surface area contributed by atoms with Crippen molar-refractivity contribution < 1.29 is 34.8 Å². The van der Waals surface area contributed by atoms with Gasteiger partial charge in [-0.3, -0.25) is 4.72 Å². The first-order valence-corrected chi connectivity index (χ1v) is 8.36. The minimum Gasteiger partial charge on any atom is -0.280 e. The topological polar surface area (TPSA) is 46.2 Å². The molecular formula is C16H11F6NO2S. The van der Waals surface area contributed by atoms with Crippen LogP contribution < -0.4 is 4.72 Å². The molecule has 1 N–H and O–H groups in total. The molecule has 0 heterocycles. The summed E-state index contributed by atoms with van der Waals surface area (Å²) < 4.78 is 103. The van der Waals surface area contributed by atoms with Crippen molar-refractivity contribution in [3.8, 4) is 0 Å². The molecule has 10 heteroatoms. The molecule has 0 fully saturated rings. The number of anilines is 1. The molecule has 0 saturated carbocycles. The van der Waals surface area contributed by atoms with Crippen LogP contribution in [0.15, 0.2) is 53.9 Å². The average Bonchev–Trinajstić information content (AvgIpc) is 2.53. The van der Waals surface area contributed by atoms with Crippen molar-refractivity contribution in [2.45, 2.75) is 17.2 Å². The lowest BCUT2D eigenvalue weighted by Gasteiger charge is -2.17. The van der Waals surface area contributed by atoms with Gasteiger partial charge in [0.2, 0.25) is 0 Å². The van der Waals surface area contributed by atoms with E-state index < -0.39 is 38.4 Å². The molecule has 140 valence electrons. The van der Waals surface area contributed by atoms with Gasteiger partial charge in [-0.15, -0.1) is 0 Å². The van der Waals surface area contributed by atoms with E-state index in [-0.39, 0.29) is 17.8 Å². The molecule has 0 bridgehead atoms. The normalized spacial score (nSPS) is 12.7. The summed E-state index contributed by atoms with van der Waals surface area (Å²) in [5.41, 5.74) is -3.33. The predicted molar refractivity (Wildman–Crippen MR) is 83.8 cm³/mol. The fraction of sp³-hybridized carbons (Fsp3) is 0.125. The van der Waals surface area contributed by atoms with E-state index >= 15 is 0 Å². The summed E-state index contributed by atoms with van der Waals surface area (Å²) in [6.07, 6.45) is -9.16. The highest BCUT2D eigenvalue weighted by atomic mass is 32.2. The molecule has 0 spiro atoms. The Morgan fingerprint density at radius 3 is 1.85 bits per heavy atom. The highest BCUT2D eigenvalue weighted by Crippen LogP contribution is 2.41. The van der Waals surface area contributed by atoms with Crippen LogP contribution in [-0.4, -0.2) is 8.42 Å². The van der Waals surface area contributed by atoms with Gasteiger partial charge in [0.1, 0.15) is 0 Å². The summed E-state index contributed by atoms with van der Waals surface area (Å²) in [7, 11) is -4.52. The highest BCUT2D eigenvalue weighted by molar-refractivity contribution is 7.92. The van der Waals surface area contributed by atoms with Gasteiger partial charge < -0.3 is 0 Å². The number of nitrogens with one attached hydrogen (secondary N) is 1. The molecule has 0 atom stereocenters. The van der Waals surface area contributed by atoms with Gasteiger partial charge in [-0.05, 0) is 35.9 Å². The summed E-state index contributed by atoms with van der Waals surface area (Å²) in [5.74, 6) is 0. The zero-order valence-electron chi connectivity index (χ0n) is 12.8. The monoisotopic (exact) mass is 395 g/mol. The van der Waals surface area contributed by atoms with Crippen LogP contribution in [0.2, 0.25) is 0 Å². The fourth-order valence-corrected chi connectivity index (χ4v) is 3.16. The molecule has 0 radical (unpaired) electrons. The first-order valence-electron chi connectivity index (χ1n) is 6.88. The summed E-state index contributed by atoms with van der Waals surface area (Å²) in [4.78, 5) is -0.939. The maximum absolute atomic E-state index is 12.9.